The molecular formula is C16H14N2O4S2. The predicted octanol–water partition coefficient (Wildman–Crippen LogP) is 3.72. The van der Waals surface area contributed by atoms with E-state index in [-0.39, 0.29) is 18.8 Å². The number of benzene rings is 1. The summed E-state index contributed by atoms with van der Waals surface area (Å²) in [7, 11) is 1.60. The maximum atomic E-state index is 10.7. The zero-order valence-corrected chi connectivity index (χ0v) is 14.4. The van der Waals surface area contributed by atoms with Gasteiger partial charge in [-0.05, 0) is 36.5 Å². The molecule has 2 N–H and O–H groups in total. The minimum absolute atomic E-state index is 0.0245. The van der Waals surface area contributed by atoms with Gasteiger partial charge in [0, 0.05) is 23.9 Å². The van der Waals surface area contributed by atoms with Crippen LogP contribution in [0.25, 0.3) is 11.6 Å². The number of ether oxygens (including phenoxy) is 1. The largest absolute Gasteiger partial charge is 0.497 e. The first-order valence-electron chi connectivity index (χ1n) is 7.08. The average molecular weight is 362 g/mol. The molecule has 0 bridgehead atoms. The van der Waals surface area contributed by atoms with Crippen LogP contribution < -0.4 is 4.74 Å². The lowest BCUT2D eigenvalue weighted by Gasteiger charge is -2.04. The van der Waals surface area contributed by atoms with E-state index in [1.54, 1.807) is 19.4 Å². The number of hydrogen-bond donors (Lipinski definition) is 2. The van der Waals surface area contributed by atoms with E-state index in [4.69, 9.17) is 22.1 Å². The standard InChI is InChI=1S/C16H14N2O4S2/c1-22-10-2-3-12-11(7-10)9(8-17-12)6-13-15(21)18(16(23)24-13)5-4-14(19)20/h2-3,6-8,21H,4-5H2,1H3,(H,19,20). The van der Waals surface area contributed by atoms with E-state index in [0.29, 0.717) is 8.83 Å². The molecule has 0 aliphatic carbocycles. The van der Waals surface area contributed by atoms with Crippen LogP contribution in [-0.2, 0) is 11.3 Å². The van der Waals surface area contributed by atoms with Gasteiger partial charge in [-0.1, -0.05) is 0 Å². The summed E-state index contributed by atoms with van der Waals surface area (Å²) >= 11 is 6.45. The Morgan fingerprint density at radius 2 is 2.29 bits per heavy atom. The zero-order valence-electron chi connectivity index (χ0n) is 12.7. The quantitative estimate of drug-likeness (QED) is 0.792. The van der Waals surface area contributed by atoms with Crippen molar-refractivity contribution < 1.29 is 19.7 Å². The summed E-state index contributed by atoms with van der Waals surface area (Å²) in [6.07, 6.45) is 3.41. The molecule has 0 spiro atoms. The first kappa shape index (κ1) is 16.4. The Balaban J connectivity index is 1.97. The molecular weight excluding hydrogens is 348 g/mol. The second-order valence-corrected chi connectivity index (χ2v) is 6.77. The molecule has 8 heteroatoms. The van der Waals surface area contributed by atoms with Crippen LogP contribution in [0.3, 0.4) is 0 Å². The molecule has 2 heterocycles. The molecule has 1 aromatic heterocycles. The van der Waals surface area contributed by atoms with Crippen LogP contribution in [0, 0.1) is 3.95 Å². The molecule has 0 fully saturated rings. The molecule has 24 heavy (non-hydrogen) atoms. The lowest BCUT2D eigenvalue weighted by molar-refractivity contribution is -0.137. The van der Waals surface area contributed by atoms with Gasteiger partial charge in [0.1, 0.15) is 5.75 Å². The van der Waals surface area contributed by atoms with E-state index in [1.807, 2.05) is 18.2 Å². The Kier molecular flexibility index (Phi) is 4.50. The Bertz CT molecular complexity index is 925. The number of aromatic hydroxyl groups is 1. The van der Waals surface area contributed by atoms with Crippen molar-refractivity contribution in [2.24, 2.45) is 4.99 Å². The van der Waals surface area contributed by atoms with Gasteiger partial charge in [0.15, 0.2) is 3.95 Å². The summed E-state index contributed by atoms with van der Waals surface area (Å²) in [5, 5.41) is 19.1. The van der Waals surface area contributed by atoms with Crippen LogP contribution in [-0.4, -0.2) is 34.1 Å². The molecule has 0 unspecified atom stereocenters. The van der Waals surface area contributed by atoms with Crippen molar-refractivity contribution in [3.63, 3.8) is 0 Å². The van der Waals surface area contributed by atoms with Crippen LogP contribution in [0.4, 0.5) is 5.69 Å². The van der Waals surface area contributed by atoms with Crippen LogP contribution in [0.15, 0.2) is 23.2 Å². The van der Waals surface area contributed by atoms with E-state index in [0.717, 1.165) is 22.6 Å². The molecule has 0 amide bonds. The van der Waals surface area contributed by atoms with Crippen molar-refractivity contribution in [3.05, 3.63) is 32.6 Å². The summed E-state index contributed by atoms with van der Waals surface area (Å²) in [5.74, 6) is -0.240. The minimum Gasteiger partial charge on any atom is -0.497 e. The molecule has 124 valence electrons. The zero-order chi connectivity index (χ0) is 17.3. The van der Waals surface area contributed by atoms with Gasteiger partial charge >= 0.3 is 5.97 Å². The molecule has 1 aliphatic rings. The number of aliphatic carboxylic acids is 1. The lowest BCUT2D eigenvalue weighted by atomic mass is 10.1. The number of carboxylic acid groups (broad SMARTS) is 1. The van der Waals surface area contributed by atoms with Gasteiger partial charge < -0.3 is 14.9 Å². The number of thiazole rings is 1. The summed E-state index contributed by atoms with van der Waals surface area (Å²) in [4.78, 5) is 15.6. The van der Waals surface area contributed by atoms with Gasteiger partial charge in [0.25, 0.3) is 0 Å². The average Bonchev–Trinajstić information content (AvgIpc) is 3.07. The molecule has 0 atom stereocenters. The van der Waals surface area contributed by atoms with Crippen molar-refractivity contribution in [3.8, 4) is 11.6 Å². The maximum absolute atomic E-state index is 10.7. The van der Waals surface area contributed by atoms with Crippen LogP contribution >= 0.6 is 23.6 Å². The highest BCUT2D eigenvalue weighted by Gasteiger charge is 2.16. The third-order valence-electron chi connectivity index (χ3n) is 3.59. The van der Waals surface area contributed by atoms with Crippen molar-refractivity contribution >= 4 is 53.1 Å². The van der Waals surface area contributed by atoms with E-state index >= 15 is 0 Å². The van der Waals surface area contributed by atoms with Crippen molar-refractivity contribution in [1.29, 1.82) is 0 Å². The number of hydrogen-bond acceptors (Lipinski definition) is 6. The van der Waals surface area contributed by atoms with Crippen LogP contribution in [0.2, 0.25) is 0 Å². The molecule has 1 aromatic carbocycles. The molecule has 3 rings (SSSR count). The highest BCUT2D eigenvalue weighted by Crippen LogP contribution is 2.37. The number of methoxy groups -OCH3 is 1. The van der Waals surface area contributed by atoms with Gasteiger partial charge in [-0.15, -0.1) is 11.3 Å². The van der Waals surface area contributed by atoms with Gasteiger partial charge in [0.05, 0.1) is 24.1 Å². The van der Waals surface area contributed by atoms with Crippen LogP contribution in [0.1, 0.15) is 16.9 Å². The monoisotopic (exact) mass is 362 g/mol. The summed E-state index contributed by atoms with van der Waals surface area (Å²) in [6.45, 7) is 0.137. The van der Waals surface area contributed by atoms with Crippen LogP contribution in [0.5, 0.6) is 11.6 Å². The van der Waals surface area contributed by atoms with E-state index in [2.05, 4.69) is 4.99 Å². The number of nitrogens with zero attached hydrogens (tertiary/aromatic N) is 2. The highest BCUT2D eigenvalue weighted by atomic mass is 32.1. The number of carbonyl (C=O) groups is 1. The SMILES string of the molecule is COc1ccc2c(c1)C(=Cc1sc(=S)n(CCC(=O)O)c1O)C=N2. The predicted molar refractivity (Wildman–Crippen MR) is 96.1 cm³/mol. The normalized spacial score (nSPS) is 14.1. The molecule has 0 radical (unpaired) electrons. The number of aliphatic imine (C=N–C) groups is 1. The summed E-state index contributed by atoms with van der Waals surface area (Å²) < 4.78 is 7.09. The second kappa shape index (κ2) is 6.58. The molecule has 0 saturated carbocycles. The van der Waals surface area contributed by atoms with Crippen molar-refractivity contribution in [1.82, 2.24) is 4.57 Å². The van der Waals surface area contributed by atoms with Crippen molar-refractivity contribution in [2.45, 2.75) is 13.0 Å². The first-order valence-corrected chi connectivity index (χ1v) is 8.30. The minimum atomic E-state index is -0.939. The second-order valence-electron chi connectivity index (χ2n) is 5.09. The fraction of sp³-hybridized carbons (Fsp3) is 0.188. The van der Waals surface area contributed by atoms with Gasteiger partial charge in [-0.25, -0.2) is 0 Å². The fourth-order valence-corrected chi connectivity index (χ4v) is 3.67. The first-order chi connectivity index (χ1) is 11.5. The maximum Gasteiger partial charge on any atom is 0.305 e. The molecule has 0 saturated heterocycles. The summed E-state index contributed by atoms with van der Waals surface area (Å²) in [5.41, 5.74) is 2.57. The van der Waals surface area contributed by atoms with E-state index in [9.17, 15) is 9.90 Å². The van der Waals surface area contributed by atoms with Crippen molar-refractivity contribution in [2.75, 3.05) is 7.11 Å². The van der Waals surface area contributed by atoms with E-state index in [1.165, 1.54) is 15.9 Å². The third kappa shape index (κ3) is 3.10. The number of carboxylic acids is 1. The smallest absolute Gasteiger partial charge is 0.305 e. The Hall–Kier alpha value is -2.45. The van der Waals surface area contributed by atoms with Gasteiger partial charge in [0.2, 0.25) is 5.88 Å². The van der Waals surface area contributed by atoms with E-state index < -0.39 is 5.97 Å². The Labute approximate surface area is 147 Å². The number of aromatic nitrogens is 1. The number of rotatable bonds is 5. The van der Waals surface area contributed by atoms with Gasteiger partial charge in [-0.2, -0.15) is 0 Å². The highest BCUT2D eigenvalue weighted by molar-refractivity contribution is 7.73. The lowest BCUT2D eigenvalue weighted by Crippen LogP contribution is -2.03. The number of allylic oxidation sites excluding steroid dienone is 1. The van der Waals surface area contributed by atoms with Gasteiger partial charge in [-0.3, -0.25) is 14.4 Å². The fourth-order valence-electron chi connectivity index (χ4n) is 2.36. The Morgan fingerprint density at radius 1 is 1.50 bits per heavy atom. The topological polar surface area (TPSA) is 84.0 Å². The number of fused-ring (bicyclic) bond motifs is 1. The summed E-state index contributed by atoms with van der Waals surface area (Å²) in [6, 6.07) is 5.58. The molecule has 6 nitrogen and oxygen atoms in total. The molecule has 2 aromatic rings. The molecule has 1 aliphatic heterocycles. The Morgan fingerprint density at radius 3 is 3.00 bits per heavy atom. The third-order valence-corrected chi connectivity index (χ3v) is 4.97.